The van der Waals surface area contributed by atoms with Crippen molar-refractivity contribution in [1.82, 2.24) is 0 Å². The minimum Gasteiger partial charge on any atom is -0.462 e. The molecule has 8 atom stereocenters. The third-order valence-corrected chi connectivity index (χ3v) is 21.6. The molecule has 0 aromatic carbocycles. The van der Waals surface area contributed by atoms with Gasteiger partial charge < -0.3 is 33.8 Å². The van der Waals surface area contributed by atoms with Crippen molar-refractivity contribution in [2.45, 2.75) is 433 Å². The van der Waals surface area contributed by atoms with E-state index in [1.165, 1.54) is 218 Å². The lowest BCUT2D eigenvalue weighted by Crippen LogP contribution is -2.30. The lowest BCUT2D eigenvalue weighted by Gasteiger charge is -2.21. The maximum atomic E-state index is 13.1. The summed E-state index contributed by atoms with van der Waals surface area (Å²) in [4.78, 5) is 72.9. The summed E-state index contributed by atoms with van der Waals surface area (Å²) in [5.74, 6) is 0.256. The standard InChI is InChI=1S/C80H156O17P2/c1-8-12-13-14-15-16-17-18-23-27-30-33-39-47-54-61-77(82)90-67-75(96-79(84)63-56-49-40-34-31-28-25-22-20-19-21-24-26-29-32-37-44-51-58-71(5)9-2)69-94-98(86,87)92-65-74(81)66-93-99(88,89)95-70-76(68-91-78(83)62-55-48-43-42-46-53-60-73(7)11-4)97-80(85)64-57-50-41-36-35-38-45-52-59-72(6)10-3/h71-76,81H,8-70H2,1-7H3,(H,86,87)(H,88,89)/t71?,72?,73?,74-,75-,76-/m1/s1. The first-order valence-corrected chi connectivity index (χ1v) is 44.5. The number of unbranched alkanes of at least 4 members (excludes halogenated alkanes) is 43. The van der Waals surface area contributed by atoms with E-state index < -0.39 is 97.5 Å². The van der Waals surface area contributed by atoms with Crippen LogP contribution in [0.1, 0.15) is 414 Å². The van der Waals surface area contributed by atoms with Gasteiger partial charge in [-0.15, -0.1) is 0 Å². The van der Waals surface area contributed by atoms with Crippen molar-refractivity contribution in [1.29, 1.82) is 0 Å². The van der Waals surface area contributed by atoms with Crippen molar-refractivity contribution in [2.75, 3.05) is 39.6 Å². The van der Waals surface area contributed by atoms with E-state index in [4.69, 9.17) is 37.0 Å². The Hall–Kier alpha value is -1.94. The van der Waals surface area contributed by atoms with Crippen molar-refractivity contribution >= 4 is 39.5 Å². The number of carbonyl (C=O) groups is 4. The van der Waals surface area contributed by atoms with Gasteiger partial charge in [0.15, 0.2) is 12.2 Å². The molecule has 0 saturated carbocycles. The molecule has 0 aliphatic heterocycles. The van der Waals surface area contributed by atoms with Crippen LogP contribution in [0.4, 0.5) is 0 Å². The summed E-state index contributed by atoms with van der Waals surface area (Å²) < 4.78 is 68.6. The van der Waals surface area contributed by atoms with Gasteiger partial charge in [-0.05, 0) is 43.4 Å². The summed E-state index contributed by atoms with van der Waals surface area (Å²) in [6.07, 6.45) is 58.3. The Balaban J connectivity index is 5.21. The number of aliphatic hydroxyl groups excluding tert-OH is 1. The highest BCUT2D eigenvalue weighted by molar-refractivity contribution is 7.47. The minimum absolute atomic E-state index is 0.104. The maximum Gasteiger partial charge on any atom is 0.472 e. The van der Waals surface area contributed by atoms with Crippen LogP contribution in [0, 0.1) is 17.8 Å². The van der Waals surface area contributed by atoms with Crippen LogP contribution >= 0.6 is 15.6 Å². The molecule has 0 aliphatic carbocycles. The molecule has 0 aromatic heterocycles. The molecule has 0 fully saturated rings. The molecule has 19 heteroatoms. The Kier molecular flexibility index (Phi) is 69.0. The summed E-state index contributed by atoms with van der Waals surface area (Å²) >= 11 is 0. The second-order valence-electron chi connectivity index (χ2n) is 29.5. The number of phosphoric acid groups is 2. The molecule has 5 unspecified atom stereocenters. The Morgan fingerprint density at radius 2 is 0.485 bits per heavy atom. The zero-order valence-electron chi connectivity index (χ0n) is 65.0. The van der Waals surface area contributed by atoms with Gasteiger partial charge >= 0.3 is 39.5 Å². The molecule has 0 spiro atoms. The maximum absolute atomic E-state index is 13.1. The molecule has 0 rings (SSSR count). The highest BCUT2D eigenvalue weighted by Gasteiger charge is 2.30. The average molecular weight is 1450 g/mol. The van der Waals surface area contributed by atoms with Gasteiger partial charge in [-0.25, -0.2) is 9.13 Å². The number of carbonyl (C=O) groups excluding carboxylic acids is 4. The van der Waals surface area contributed by atoms with Crippen LogP contribution in [0.25, 0.3) is 0 Å². The van der Waals surface area contributed by atoms with Crippen molar-refractivity contribution in [3.8, 4) is 0 Å². The van der Waals surface area contributed by atoms with Gasteiger partial charge in [0, 0.05) is 25.7 Å². The smallest absolute Gasteiger partial charge is 0.462 e. The number of rotatable bonds is 78. The molecule has 0 bridgehead atoms. The molecule has 99 heavy (non-hydrogen) atoms. The number of phosphoric ester groups is 2. The Labute approximate surface area is 607 Å². The number of esters is 4. The number of hydrogen-bond donors (Lipinski definition) is 3. The zero-order valence-corrected chi connectivity index (χ0v) is 66.8. The molecule has 0 aliphatic rings. The third kappa shape index (κ3) is 70.2. The van der Waals surface area contributed by atoms with E-state index in [1.54, 1.807) is 0 Å². The van der Waals surface area contributed by atoms with Crippen molar-refractivity contribution in [3.05, 3.63) is 0 Å². The van der Waals surface area contributed by atoms with Gasteiger partial charge in [-0.3, -0.25) is 37.3 Å². The van der Waals surface area contributed by atoms with Gasteiger partial charge in [-0.2, -0.15) is 0 Å². The van der Waals surface area contributed by atoms with Crippen LogP contribution < -0.4 is 0 Å². The van der Waals surface area contributed by atoms with Gasteiger partial charge in [0.2, 0.25) is 0 Å². The first-order valence-electron chi connectivity index (χ1n) is 41.5. The third-order valence-electron chi connectivity index (χ3n) is 19.7. The largest absolute Gasteiger partial charge is 0.472 e. The second-order valence-corrected chi connectivity index (χ2v) is 32.4. The Morgan fingerprint density at radius 1 is 0.283 bits per heavy atom. The predicted octanol–water partition coefficient (Wildman–Crippen LogP) is 23.7. The molecule has 0 saturated heterocycles. The Morgan fingerprint density at radius 3 is 0.717 bits per heavy atom. The van der Waals surface area contributed by atoms with Crippen molar-refractivity contribution in [3.63, 3.8) is 0 Å². The van der Waals surface area contributed by atoms with E-state index in [1.807, 2.05) is 0 Å². The highest BCUT2D eigenvalue weighted by atomic mass is 31.2. The fraction of sp³-hybridized carbons (Fsp3) is 0.950. The van der Waals surface area contributed by atoms with E-state index >= 15 is 0 Å². The SMILES string of the molecule is CCCCCCCCCCCCCCCCCC(=O)OC[C@H](COP(=O)(O)OC[C@@H](O)COP(=O)(O)OC[C@@H](COC(=O)CCCCCCCCC(C)CC)OC(=O)CCCCCCCCCCC(C)CC)OC(=O)CCCCCCCCCCCCCCCCCCCCC(C)CC. The van der Waals surface area contributed by atoms with Gasteiger partial charge in [-0.1, -0.05) is 363 Å². The molecular weight excluding hydrogens is 1290 g/mol. The first kappa shape index (κ1) is 97.1. The summed E-state index contributed by atoms with van der Waals surface area (Å²) in [5, 5.41) is 10.6. The number of hydrogen-bond acceptors (Lipinski definition) is 15. The van der Waals surface area contributed by atoms with Gasteiger partial charge in [0.05, 0.1) is 26.4 Å². The van der Waals surface area contributed by atoms with Gasteiger partial charge in [0.25, 0.3) is 0 Å². The fourth-order valence-electron chi connectivity index (χ4n) is 12.2. The topological polar surface area (TPSA) is 237 Å². The van der Waals surface area contributed by atoms with E-state index in [0.29, 0.717) is 25.7 Å². The average Bonchev–Trinajstić information content (AvgIpc) is 1.03. The first-order chi connectivity index (χ1) is 47.8. The molecular formula is C80H156O17P2. The molecule has 17 nitrogen and oxygen atoms in total. The van der Waals surface area contributed by atoms with E-state index in [0.717, 1.165) is 114 Å². The fourth-order valence-corrected chi connectivity index (χ4v) is 13.8. The van der Waals surface area contributed by atoms with Crippen molar-refractivity contribution < 1.29 is 80.2 Å². The molecule has 0 heterocycles. The summed E-state index contributed by atoms with van der Waals surface area (Å²) in [6, 6.07) is 0. The normalized spacial score (nSPS) is 14.8. The van der Waals surface area contributed by atoms with Crippen molar-refractivity contribution in [2.24, 2.45) is 17.8 Å². The van der Waals surface area contributed by atoms with Crippen LogP contribution in [0.2, 0.25) is 0 Å². The quantitative estimate of drug-likeness (QED) is 0.0222. The lowest BCUT2D eigenvalue weighted by molar-refractivity contribution is -0.161. The van der Waals surface area contributed by atoms with Gasteiger partial charge in [0.1, 0.15) is 19.3 Å². The van der Waals surface area contributed by atoms with E-state index in [9.17, 15) is 43.2 Å². The predicted molar refractivity (Wildman–Crippen MR) is 405 cm³/mol. The van der Waals surface area contributed by atoms with Crippen LogP contribution in [-0.2, 0) is 65.4 Å². The molecule has 588 valence electrons. The summed E-state index contributed by atoms with van der Waals surface area (Å²) in [5.41, 5.74) is 0. The van der Waals surface area contributed by atoms with E-state index in [2.05, 4.69) is 48.5 Å². The number of aliphatic hydroxyl groups is 1. The summed E-state index contributed by atoms with van der Waals surface area (Å²) in [6.45, 7) is 12.0. The monoisotopic (exact) mass is 1450 g/mol. The zero-order chi connectivity index (χ0) is 73.0. The van der Waals surface area contributed by atoms with Crippen LogP contribution in [-0.4, -0.2) is 96.7 Å². The Bertz CT molecular complexity index is 1930. The molecule has 0 aromatic rings. The second kappa shape index (κ2) is 70.4. The summed E-state index contributed by atoms with van der Waals surface area (Å²) in [7, 11) is -9.92. The van der Waals surface area contributed by atoms with Crippen LogP contribution in [0.15, 0.2) is 0 Å². The van der Waals surface area contributed by atoms with Crippen LogP contribution in [0.5, 0.6) is 0 Å². The molecule has 3 N–H and O–H groups in total. The van der Waals surface area contributed by atoms with E-state index in [-0.39, 0.29) is 25.7 Å². The number of ether oxygens (including phenoxy) is 4. The van der Waals surface area contributed by atoms with Crippen LogP contribution in [0.3, 0.4) is 0 Å². The minimum atomic E-state index is -4.96. The molecule has 0 amide bonds. The highest BCUT2D eigenvalue weighted by Crippen LogP contribution is 2.45. The molecule has 0 radical (unpaired) electrons. The lowest BCUT2D eigenvalue weighted by atomic mass is 9.99.